The highest BCUT2D eigenvalue weighted by molar-refractivity contribution is 5.83. The second kappa shape index (κ2) is 7.51. The van der Waals surface area contributed by atoms with Crippen molar-refractivity contribution < 1.29 is 23.9 Å². The SMILES string of the molecule is Cc1ccc(OCC(=O)NN=Cc2ccc3c(c2)OCO3)c([N+](=O)[O-])c1. The molecule has 2 aromatic rings. The Kier molecular flexibility index (Phi) is 4.97. The van der Waals surface area contributed by atoms with E-state index in [4.69, 9.17) is 14.2 Å². The molecule has 3 rings (SSSR count). The van der Waals surface area contributed by atoms with Crippen LogP contribution < -0.4 is 19.6 Å². The number of nitro benzene ring substituents is 1. The van der Waals surface area contributed by atoms with Gasteiger partial charge in [-0.05, 0) is 42.3 Å². The van der Waals surface area contributed by atoms with Crippen molar-refractivity contribution in [3.63, 3.8) is 0 Å². The number of ether oxygens (including phenoxy) is 3. The highest BCUT2D eigenvalue weighted by atomic mass is 16.7. The van der Waals surface area contributed by atoms with E-state index in [0.717, 1.165) is 5.56 Å². The lowest BCUT2D eigenvalue weighted by molar-refractivity contribution is -0.385. The number of amides is 1. The summed E-state index contributed by atoms with van der Waals surface area (Å²) in [6.45, 7) is 1.51. The zero-order chi connectivity index (χ0) is 18.5. The zero-order valence-corrected chi connectivity index (χ0v) is 13.8. The molecule has 1 aliphatic rings. The second-order valence-electron chi connectivity index (χ2n) is 5.42. The molecule has 134 valence electrons. The van der Waals surface area contributed by atoms with Gasteiger partial charge in [-0.25, -0.2) is 5.43 Å². The zero-order valence-electron chi connectivity index (χ0n) is 13.8. The first-order chi connectivity index (χ1) is 12.5. The molecule has 0 unspecified atom stereocenters. The number of nitrogens with zero attached hydrogens (tertiary/aromatic N) is 2. The van der Waals surface area contributed by atoms with Crippen molar-refractivity contribution in [3.05, 3.63) is 57.6 Å². The molecule has 1 aliphatic heterocycles. The molecule has 0 atom stereocenters. The van der Waals surface area contributed by atoms with Crippen LogP contribution in [0.1, 0.15) is 11.1 Å². The summed E-state index contributed by atoms with van der Waals surface area (Å²) in [7, 11) is 0. The van der Waals surface area contributed by atoms with Gasteiger partial charge in [0, 0.05) is 6.07 Å². The van der Waals surface area contributed by atoms with E-state index in [0.29, 0.717) is 17.1 Å². The molecule has 0 aromatic heterocycles. The number of benzene rings is 2. The van der Waals surface area contributed by atoms with Crippen LogP contribution in [0.4, 0.5) is 5.69 Å². The first-order valence-electron chi connectivity index (χ1n) is 7.62. The van der Waals surface area contributed by atoms with E-state index in [1.807, 2.05) is 0 Å². The molecule has 26 heavy (non-hydrogen) atoms. The fourth-order valence-electron chi connectivity index (χ4n) is 2.24. The van der Waals surface area contributed by atoms with Gasteiger partial charge < -0.3 is 14.2 Å². The Morgan fingerprint density at radius 2 is 2.12 bits per heavy atom. The maximum Gasteiger partial charge on any atom is 0.311 e. The van der Waals surface area contributed by atoms with E-state index in [1.165, 1.54) is 18.3 Å². The molecule has 1 heterocycles. The minimum absolute atomic E-state index is 0.0236. The smallest absolute Gasteiger partial charge is 0.311 e. The first kappa shape index (κ1) is 17.2. The van der Waals surface area contributed by atoms with Crippen molar-refractivity contribution in [2.75, 3.05) is 13.4 Å². The molecule has 9 heteroatoms. The van der Waals surface area contributed by atoms with Gasteiger partial charge in [0.25, 0.3) is 5.91 Å². The molecule has 0 radical (unpaired) electrons. The maximum atomic E-state index is 11.8. The number of carbonyl (C=O) groups is 1. The van der Waals surface area contributed by atoms with Crippen LogP contribution in [0.2, 0.25) is 0 Å². The number of rotatable bonds is 6. The molecular formula is C17H15N3O6. The Labute approximate surface area is 148 Å². The van der Waals surface area contributed by atoms with Gasteiger partial charge in [-0.1, -0.05) is 6.07 Å². The fourth-order valence-corrected chi connectivity index (χ4v) is 2.24. The van der Waals surface area contributed by atoms with Crippen LogP contribution >= 0.6 is 0 Å². The molecular weight excluding hydrogens is 342 g/mol. The normalized spacial score (nSPS) is 12.2. The number of hydrazone groups is 1. The maximum absolute atomic E-state index is 11.8. The minimum Gasteiger partial charge on any atom is -0.477 e. The van der Waals surface area contributed by atoms with Crippen LogP contribution in [0.25, 0.3) is 0 Å². The van der Waals surface area contributed by atoms with Gasteiger partial charge in [0.15, 0.2) is 23.9 Å². The predicted molar refractivity (Wildman–Crippen MR) is 91.6 cm³/mol. The van der Waals surface area contributed by atoms with E-state index in [1.54, 1.807) is 31.2 Å². The van der Waals surface area contributed by atoms with E-state index in [-0.39, 0.29) is 18.2 Å². The Balaban J connectivity index is 1.54. The molecule has 0 bridgehead atoms. The van der Waals surface area contributed by atoms with Gasteiger partial charge in [-0.3, -0.25) is 14.9 Å². The summed E-state index contributed by atoms with van der Waals surface area (Å²) in [5.74, 6) is 0.738. The number of carbonyl (C=O) groups excluding carboxylic acids is 1. The molecule has 0 saturated heterocycles. The van der Waals surface area contributed by atoms with E-state index in [2.05, 4.69) is 10.5 Å². The Hall–Kier alpha value is -3.62. The minimum atomic E-state index is -0.558. The quantitative estimate of drug-likeness (QED) is 0.482. The van der Waals surface area contributed by atoms with Crippen molar-refractivity contribution in [2.45, 2.75) is 6.92 Å². The number of hydrogen-bond donors (Lipinski definition) is 1. The van der Waals surface area contributed by atoms with Gasteiger partial charge >= 0.3 is 5.69 Å². The Morgan fingerprint density at radius 3 is 2.92 bits per heavy atom. The standard InChI is InChI=1S/C17H15N3O6/c1-11-2-4-14(13(6-11)20(22)23)24-9-17(21)19-18-8-12-3-5-15-16(7-12)26-10-25-15/h2-8H,9-10H2,1H3,(H,19,21). The third-order valence-corrected chi connectivity index (χ3v) is 3.47. The van der Waals surface area contributed by atoms with Crippen LogP contribution in [0.15, 0.2) is 41.5 Å². The van der Waals surface area contributed by atoms with Crippen molar-refractivity contribution in [3.8, 4) is 17.2 Å². The molecule has 0 saturated carbocycles. The van der Waals surface area contributed by atoms with Crippen LogP contribution in [-0.4, -0.2) is 30.4 Å². The predicted octanol–water partition coefficient (Wildman–Crippen LogP) is 2.16. The van der Waals surface area contributed by atoms with Crippen LogP contribution in [0.5, 0.6) is 17.2 Å². The number of fused-ring (bicyclic) bond motifs is 1. The summed E-state index contributed by atoms with van der Waals surface area (Å²) in [4.78, 5) is 22.2. The lowest BCUT2D eigenvalue weighted by Crippen LogP contribution is -2.24. The fraction of sp³-hybridized carbons (Fsp3) is 0.176. The Bertz CT molecular complexity index is 881. The van der Waals surface area contributed by atoms with E-state index in [9.17, 15) is 14.9 Å². The lowest BCUT2D eigenvalue weighted by atomic mass is 10.2. The number of nitro groups is 1. The van der Waals surface area contributed by atoms with Gasteiger partial charge in [0.05, 0.1) is 11.1 Å². The topological polar surface area (TPSA) is 112 Å². The van der Waals surface area contributed by atoms with Gasteiger partial charge in [-0.2, -0.15) is 5.10 Å². The summed E-state index contributed by atoms with van der Waals surface area (Å²) >= 11 is 0. The number of hydrogen-bond acceptors (Lipinski definition) is 7. The van der Waals surface area contributed by atoms with Crippen molar-refractivity contribution in [2.24, 2.45) is 5.10 Å². The first-order valence-corrected chi connectivity index (χ1v) is 7.62. The van der Waals surface area contributed by atoms with Crippen LogP contribution in [-0.2, 0) is 4.79 Å². The van der Waals surface area contributed by atoms with E-state index >= 15 is 0 Å². The summed E-state index contributed by atoms with van der Waals surface area (Å²) in [6.07, 6.45) is 1.44. The highest BCUT2D eigenvalue weighted by Gasteiger charge is 2.16. The van der Waals surface area contributed by atoms with Crippen molar-refractivity contribution in [1.29, 1.82) is 0 Å². The molecule has 9 nitrogen and oxygen atoms in total. The number of aryl methyl sites for hydroxylation is 1. The second-order valence-corrected chi connectivity index (χ2v) is 5.42. The summed E-state index contributed by atoms with van der Waals surface area (Å²) in [5, 5.41) is 14.8. The van der Waals surface area contributed by atoms with Crippen molar-refractivity contribution >= 4 is 17.8 Å². The Morgan fingerprint density at radius 1 is 1.31 bits per heavy atom. The molecule has 2 aromatic carbocycles. The molecule has 1 amide bonds. The van der Waals surface area contributed by atoms with E-state index < -0.39 is 17.4 Å². The molecule has 0 aliphatic carbocycles. The largest absolute Gasteiger partial charge is 0.477 e. The van der Waals surface area contributed by atoms with Gasteiger partial charge in [0.2, 0.25) is 6.79 Å². The summed E-state index contributed by atoms with van der Waals surface area (Å²) < 4.78 is 15.7. The molecule has 0 spiro atoms. The average molecular weight is 357 g/mol. The summed E-state index contributed by atoms with van der Waals surface area (Å²) in [5.41, 5.74) is 3.54. The lowest BCUT2D eigenvalue weighted by Gasteiger charge is -2.06. The monoisotopic (exact) mass is 357 g/mol. The highest BCUT2D eigenvalue weighted by Crippen LogP contribution is 2.32. The summed E-state index contributed by atoms with van der Waals surface area (Å²) in [6, 6.07) is 9.73. The molecule has 0 fully saturated rings. The molecule has 1 N–H and O–H groups in total. The van der Waals surface area contributed by atoms with Gasteiger partial charge in [0.1, 0.15) is 0 Å². The van der Waals surface area contributed by atoms with Gasteiger partial charge in [-0.15, -0.1) is 0 Å². The third kappa shape index (κ3) is 4.07. The van der Waals surface area contributed by atoms with Crippen LogP contribution in [0.3, 0.4) is 0 Å². The van der Waals surface area contributed by atoms with Crippen LogP contribution in [0, 0.1) is 17.0 Å². The van der Waals surface area contributed by atoms with Crippen molar-refractivity contribution in [1.82, 2.24) is 5.43 Å². The third-order valence-electron chi connectivity index (χ3n) is 3.47. The average Bonchev–Trinajstić information content (AvgIpc) is 3.08. The number of nitrogens with one attached hydrogen (secondary N) is 1.